The third-order valence-corrected chi connectivity index (χ3v) is 6.05. The minimum Gasteiger partial charge on any atom is -0.457 e. The summed E-state index contributed by atoms with van der Waals surface area (Å²) in [5.74, 6) is 1.05. The average Bonchev–Trinajstić information content (AvgIpc) is 3.27. The molecule has 0 aliphatic heterocycles. The van der Waals surface area contributed by atoms with Gasteiger partial charge in [0.15, 0.2) is 5.78 Å². The maximum absolute atomic E-state index is 12.4. The molecular weight excluding hydrogens is 430 g/mol. The molecule has 0 N–H and O–H groups in total. The molecule has 0 amide bonds. The van der Waals surface area contributed by atoms with E-state index in [-0.39, 0.29) is 11.5 Å². The van der Waals surface area contributed by atoms with E-state index in [0.29, 0.717) is 16.4 Å². The highest BCUT2D eigenvalue weighted by atomic mass is 79.9. The maximum atomic E-state index is 12.4. The van der Waals surface area contributed by atoms with Gasteiger partial charge in [0, 0.05) is 27.0 Å². The van der Waals surface area contributed by atoms with Crippen LogP contribution in [0.1, 0.15) is 33.7 Å². The predicted octanol–water partition coefficient (Wildman–Crippen LogP) is 6.53. The lowest BCUT2D eigenvalue weighted by Crippen LogP contribution is -1.88. The Balaban J connectivity index is 1.72. The molecule has 0 spiro atoms. The molecule has 0 unspecified atom stereocenters. The van der Waals surface area contributed by atoms with Crippen LogP contribution in [0.4, 0.5) is 5.69 Å². The van der Waals surface area contributed by atoms with E-state index in [1.54, 1.807) is 30.3 Å². The maximum Gasteiger partial charge on any atom is 0.269 e. The monoisotopic (exact) mass is 445 g/mol. The van der Waals surface area contributed by atoms with Crippen molar-refractivity contribution in [2.75, 3.05) is 0 Å². The van der Waals surface area contributed by atoms with Crippen LogP contribution in [0.25, 0.3) is 17.4 Å². The first-order valence-corrected chi connectivity index (χ1v) is 9.94. The van der Waals surface area contributed by atoms with Crippen molar-refractivity contribution in [1.29, 1.82) is 0 Å². The zero-order valence-corrected chi connectivity index (χ0v) is 16.9. The van der Waals surface area contributed by atoms with Crippen LogP contribution in [-0.2, 0) is 6.42 Å². The highest BCUT2D eigenvalue weighted by molar-refractivity contribution is 9.10. The highest BCUT2D eigenvalue weighted by Gasteiger charge is 2.11. The molecule has 0 fully saturated rings. The van der Waals surface area contributed by atoms with Gasteiger partial charge in [-0.2, -0.15) is 0 Å². The Morgan fingerprint density at radius 3 is 2.67 bits per heavy atom. The second-order valence-corrected chi connectivity index (χ2v) is 7.83. The summed E-state index contributed by atoms with van der Waals surface area (Å²) >= 11 is 5.00. The van der Waals surface area contributed by atoms with Crippen LogP contribution in [0.2, 0.25) is 0 Å². The fraction of sp³-hybridized carbons (Fsp3) is 0.150. The zero-order valence-electron chi connectivity index (χ0n) is 14.5. The molecule has 0 bridgehead atoms. The number of thiophene rings is 1. The molecule has 138 valence electrons. The molecule has 0 atom stereocenters. The largest absolute Gasteiger partial charge is 0.457 e. The Bertz CT molecular complexity index is 1000. The fourth-order valence-corrected chi connectivity index (χ4v) is 4.41. The van der Waals surface area contributed by atoms with E-state index < -0.39 is 4.92 Å². The van der Waals surface area contributed by atoms with Crippen molar-refractivity contribution in [3.8, 4) is 11.3 Å². The molecule has 3 aromatic rings. The fourth-order valence-electron chi connectivity index (χ4n) is 2.51. The van der Waals surface area contributed by atoms with E-state index in [2.05, 4.69) is 22.9 Å². The molecule has 0 aliphatic carbocycles. The van der Waals surface area contributed by atoms with Crippen molar-refractivity contribution >= 4 is 44.8 Å². The van der Waals surface area contributed by atoms with Gasteiger partial charge >= 0.3 is 0 Å². The molecule has 3 rings (SSSR count). The van der Waals surface area contributed by atoms with Crippen LogP contribution >= 0.6 is 27.3 Å². The quantitative estimate of drug-likeness (QED) is 0.179. The second-order valence-electron chi connectivity index (χ2n) is 5.84. The van der Waals surface area contributed by atoms with Gasteiger partial charge in [-0.25, -0.2) is 0 Å². The summed E-state index contributed by atoms with van der Waals surface area (Å²) in [6.45, 7) is 2.10. The van der Waals surface area contributed by atoms with Gasteiger partial charge in [0.25, 0.3) is 5.69 Å². The summed E-state index contributed by atoms with van der Waals surface area (Å²) in [6.07, 6.45) is 5.09. The minimum absolute atomic E-state index is 0.0283. The molecule has 27 heavy (non-hydrogen) atoms. The summed E-state index contributed by atoms with van der Waals surface area (Å²) in [6, 6.07) is 11.5. The van der Waals surface area contributed by atoms with E-state index in [9.17, 15) is 14.9 Å². The van der Waals surface area contributed by atoms with Gasteiger partial charge < -0.3 is 4.42 Å². The summed E-state index contributed by atoms with van der Waals surface area (Å²) in [7, 11) is 0. The number of hydrogen-bond donors (Lipinski definition) is 0. The van der Waals surface area contributed by atoms with Gasteiger partial charge in [-0.15, -0.1) is 11.3 Å². The van der Waals surface area contributed by atoms with Gasteiger partial charge in [0.2, 0.25) is 0 Å². The Morgan fingerprint density at radius 1 is 1.26 bits per heavy atom. The molecule has 7 heteroatoms. The predicted molar refractivity (Wildman–Crippen MR) is 110 cm³/mol. The number of carbonyl (C=O) groups is 1. The van der Waals surface area contributed by atoms with Gasteiger partial charge in [-0.05, 0) is 64.8 Å². The number of nitro benzene ring substituents is 1. The minimum atomic E-state index is -0.444. The lowest BCUT2D eigenvalue weighted by Gasteiger charge is -1.96. The van der Waals surface area contributed by atoms with Crippen LogP contribution in [0.3, 0.4) is 0 Å². The number of nitro groups is 1. The number of ketones is 1. The zero-order chi connectivity index (χ0) is 19.4. The van der Waals surface area contributed by atoms with Crippen LogP contribution in [0.15, 0.2) is 57.4 Å². The number of non-ortho nitro benzene ring substituents is 1. The Labute approximate surface area is 168 Å². The molecule has 2 heterocycles. The normalized spacial score (nSPS) is 11.2. The van der Waals surface area contributed by atoms with Gasteiger partial charge in [-0.3, -0.25) is 14.9 Å². The number of hydrogen-bond acceptors (Lipinski definition) is 5. The van der Waals surface area contributed by atoms with Crippen molar-refractivity contribution in [2.45, 2.75) is 19.8 Å². The van der Waals surface area contributed by atoms with Crippen molar-refractivity contribution < 1.29 is 14.1 Å². The molecular formula is C20H16BrNO4S. The molecule has 1 aromatic carbocycles. The van der Waals surface area contributed by atoms with Crippen molar-refractivity contribution in [3.05, 3.63) is 78.6 Å². The van der Waals surface area contributed by atoms with Gasteiger partial charge in [-0.1, -0.05) is 13.3 Å². The van der Waals surface area contributed by atoms with Crippen molar-refractivity contribution in [2.24, 2.45) is 0 Å². The number of rotatable bonds is 7. The Kier molecular flexibility index (Phi) is 6.03. The molecule has 0 saturated heterocycles. The molecule has 0 aliphatic rings. The lowest BCUT2D eigenvalue weighted by atomic mass is 10.1. The average molecular weight is 446 g/mol. The van der Waals surface area contributed by atoms with Crippen molar-refractivity contribution in [1.82, 2.24) is 0 Å². The van der Waals surface area contributed by atoms with Crippen molar-refractivity contribution in [3.63, 3.8) is 0 Å². The lowest BCUT2D eigenvalue weighted by molar-refractivity contribution is -0.384. The first-order valence-electron chi connectivity index (χ1n) is 8.33. The van der Waals surface area contributed by atoms with Gasteiger partial charge in [0.1, 0.15) is 11.5 Å². The number of nitrogens with zero attached hydrogens (tertiary/aromatic N) is 1. The third-order valence-electron chi connectivity index (χ3n) is 3.87. The number of carbonyl (C=O) groups excluding carboxylic acids is 1. The Hall–Kier alpha value is -2.51. The number of halogens is 1. The summed E-state index contributed by atoms with van der Waals surface area (Å²) in [5.41, 5.74) is 0.763. The molecule has 5 nitrogen and oxygen atoms in total. The van der Waals surface area contributed by atoms with E-state index in [0.717, 1.165) is 22.9 Å². The summed E-state index contributed by atoms with van der Waals surface area (Å²) < 4.78 is 6.69. The van der Waals surface area contributed by atoms with Crippen LogP contribution in [0.5, 0.6) is 0 Å². The topological polar surface area (TPSA) is 73.3 Å². The number of aryl methyl sites for hydroxylation is 1. The van der Waals surface area contributed by atoms with Crippen LogP contribution in [-0.4, -0.2) is 10.7 Å². The first kappa shape index (κ1) is 19.3. The van der Waals surface area contributed by atoms with Gasteiger partial charge in [0.05, 0.1) is 9.80 Å². The smallest absolute Gasteiger partial charge is 0.269 e. The summed E-state index contributed by atoms with van der Waals surface area (Å²) in [5, 5.41) is 10.7. The van der Waals surface area contributed by atoms with E-state index >= 15 is 0 Å². The van der Waals surface area contributed by atoms with Crippen LogP contribution < -0.4 is 0 Å². The third kappa shape index (κ3) is 4.61. The Morgan fingerprint density at radius 2 is 2.00 bits per heavy atom. The van der Waals surface area contributed by atoms with E-state index in [1.165, 1.54) is 34.4 Å². The van der Waals surface area contributed by atoms with Crippen LogP contribution in [0, 0.1) is 10.1 Å². The van der Waals surface area contributed by atoms with E-state index in [4.69, 9.17) is 4.42 Å². The molecule has 0 saturated carbocycles. The number of benzene rings is 1. The second kappa shape index (κ2) is 8.45. The summed E-state index contributed by atoms with van der Waals surface area (Å²) in [4.78, 5) is 24.5. The first-order chi connectivity index (χ1) is 13.0. The standard InChI is InChI=1S/C20H16BrNO4S/c1-2-3-19-16(21)12-20(27-19)17(23)10-8-15-9-11-18(26-15)13-4-6-14(7-5-13)22(24)25/h4-12H,2-3H2,1H3/b10-8+. The molecule has 2 aromatic heterocycles. The molecule has 0 radical (unpaired) electrons. The number of allylic oxidation sites excluding steroid dienone is 1. The SMILES string of the molecule is CCCc1sc(C(=O)/C=C/c2ccc(-c3ccc([N+](=O)[O-])cc3)o2)cc1Br. The number of furan rings is 1. The van der Waals surface area contributed by atoms with E-state index in [1.807, 2.05) is 6.07 Å². The highest BCUT2D eigenvalue weighted by Crippen LogP contribution is 2.29.